The molecule has 5 heteroatoms. The Bertz CT molecular complexity index is 945. The van der Waals surface area contributed by atoms with Gasteiger partial charge in [0.1, 0.15) is 5.82 Å². The molecular weight excluding hydrogens is 328 g/mol. The summed E-state index contributed by atoms with van der Waals surface area (Å²) in [5, 5.41) is 2.75. The molecule has 5 rings (SSSR count). The summed E-state index contributed by atoms with van der Waals surface area (Å²) in [6.07, 6.45) is 0. The molecule has 25 heavy (non-hydrogen) atoms. The SMILES string of the molecule is c1ccc2sc(N3CCN(Cc4nc5ccccc5[nH]4)CC3)cc2c1. The van der Waals surface area contributed by atoms with E-state index in [9.17, 15) is 0 Å². The normalized spacial score (nSPS) is 16.1. The molecule has 1 saturated heterocycles. The van der Waals surface area contributed by atoms with Gasteiger partial charge in [-0.05, 0) is 29.7 Å². The summed E-state index contributed by atoms with van der Waals surface area (Å²) in [6.45, 7) is 5.20. The van der Waals surface area contributed by atoms with Crippen LogP contribution in [0.15, 0.2) is 54.6 Å². The van der Waals surface area contributed by atoms with Crippen LogP contribution in [0.3, 0.4) is 0 Å². The maximum absolute atomic E-state index is 4.70. The Labute approximate surface area is 150 Å². The first-order chi connectivity index (χ1) is 12.3. The quantitative estimate of drug-likeness (QED) is 0.605. The summed E-state index contributed by atoms with van der Waals surface area (Å²) >= 11 is 1.90. The van der Waals surface area contributed by atoms with Crippen molar-refractivity contribution in [3.05, 3.63) is 60.4 Å². The van der Waals surface area contributed by atoms with Crippen LogP contribution >= 0.6 is 11.3 Å². The van der Waals surface area contributed by atoms with Gasteiger partial charge in [0.25, 0.3) is 0 Å². The Hall–Kier alpha value is -2.37. The van der Waals surface area contributed by atoms with Crippen molar-refractivity contribution in [3.63, 3.8) is 0 Å². The molecule has 2 aromatic carbocycles. The Morgan fingerprint density at radius 2 is 1.76 bits per heavy atom. The molecule has 1 N–H and O–H groups in total. The predicted octanol–water partition coefficient (Wildman–Crippen LogP) is 4.10. The molecule has 0 amide bonds. The van der Waals surface area contributed by atoms with Gasteiger partial charge in [0.15, 0.2) is 0 Å². The molecule has 0 radical (unpaired) electrons. The largest absolute Gasteiger partial charge is 0.361 e. The van der Waals surface area contributed by atoms with Gasteiger partial charge in [-0.2, -0.15) is 0 Å². The summed E-state index contributed by atoms with van der Waals surface area (Å²) in [6, 6.07) is 19.2. The van der Waals surface area contributed by atoms with Gasteiger partial charge in [0.05, 0.1) is 22.6 Å². The van der Waals surface area contributed by atoms with Crippen molar-refractivity contribution in [2.45, 2.75) is 6.54 Å². The summed E-state index contributed by atoms with van der Waals surface area (Å²) in [7, 11) is 0. The highest BCUT2D eigenvalue weighted by Crippen LogP contribution is 2.32. The van der Waals surface area contributed by atoms with Crippen LogP contribution in [0.1, 0.15) is 5.82 Å². The van der Waals surface area contributed by atoms with Gasteiger partial charge in [-0.1, -0.05) is 30.3 Å². The van der Waals surface area contributed by atoms with Gasteiger partial charge in [0.2, 0.25) is 0 Å². The number of H-pyrrole nitrogens is 1. The van der Waals surface area contributed by atoms with E-state index >= 15 is 0 Å². The second-order valence-electron chi connectivity index (χ2n) is 6.59. The Balaban J connectivity index is 1.26. The Kier molecular flexibility index (Phi) is 3.68. The van der Waals surface area contributed by atoms with Gasteiger partial charge in [-0.15, -0.1) is 11.3 Å². The zero-order valence-electron chi connectivity index (χ0n) is 14.0. The van der Waals surface area contributed by atoms with Crippen LogP contribution in [0.4, 0.5) is 5.00 Å². The number of rotatable bonds is 3. The van der Waals surface area contributed by atoms with Gasteiger partial charge in [-0.3, -0.25) is 4.90 Å². The highest BCUT2D eigenvalue weighted by molar-refractivity contribution is 7.22. The lowest BCUT2D eigenvalue weighted by Gasteiger charge is -2.34. The number of hydrogen-bond donors (Lipinski definition) is 1. The third kappa shape index (κ3) is 2.90. The Morgan fingerprint density at radius 3 is 2.60 bits per heavy atom. The van der Waals surface area contributed by atoms with Crippen molar-refractivity contribution in [2.24, 2.45) is 0 Å². The van der Waals surface area contributed by atoms with Crippen LogP contribution in [0.5, 0.6) is 0 Å². The van der Waals surface area contributed by atoms with Crippen LogP contribution in [0.25, 0.3) is 21.1 Å². The van der Waals surface area contributed by atoms with Crippen LogP contribution in [0, 0.1) is 0 Å². The first-order valence-corrected chi connectivity index (χ1v) is 9.56. The lowest BCUT2D eigenvalue weighted by Crippen LogP contribution is -2.45. The van der Waals surface area contributed by atoms with Gasteiger partial charge >= 0.3 is 0 Å². The number of nitrogens with zero attached hydrogens (tertiary/aromatic N) is 3. The van der Waals surface area contributed by atoms with Gasteiger partial charge < -0.3 is 9.88 Å². The number of aromatic nitrogens is 2. The molecule has 2 aromatic heterocycles. The molecule has 1 fully saturated rings. The average molecular weight is 348 g/mol. The van der Waals surface area contributed by atoms with E-state index in [0.29, 0.717) is 0 Å². The molecule has 0 unspecified atom stereocenters. The highest BCUT2D eigenvalue weighted by atomic mass is 32.1. The molecule has 0 spiro atoms. The van der Waals surface area contributed by atoms with E-state index in [4.69, 9.17) is 4.98 Å². The van der Waals surface area contributed by atoms with Gasteiger partial charge in [0, 0.05) is 30.9 Å². The number of aromatic amines is 1. The molecular formula is C20H20N4S. The van der Waals surface area contributed by atoms with Crippen molar-refractivity contribution in [3.8, 4) is 0 Å². The van der Waals surface area contributed by atoms with E-state index in [2.05, 4.69) is 57.2 Å². The highest BCUT2D eigenvalue weighted by Gasteiger charge is 2.19. The number of nitrogens with one attached hydrogen (secondary N) is 1. The standard InChI is InChI=1S/C20H20N4S/c1-4-8-18-15(5-1)13-20(25-18)24-11-9-23(10-12-24)14-19-21-16-6-2-3-7-17(16)22-19/h1-8,13H,9-12,14H2,(H,21,22). The number of thiophene rings is 1. The minimum Gasteiger partial charge on any atom is -0.361 e. The Morgan fingerprint density at radius 1 is 0.960 bits per heavy atom. The van der Waals surface area contributed by atoms with Crippen molar-refractivity contribution in [2.75, 3.05) is 31.1 Å². The van der Waals surface area contributed by atoms with Crippen LogP contribution in [-0.2, 0) is 6.54 Å². The fourth-order valence-electron chi connectivity index (χ4n) is 3.54. The number of anilines is 1. The average Bonchev–Trinajstić information content (AvgIpc) is 3.25. The maximum atomic E-state index is 4.70. The summed E-state index contributed by atoms with van der Waals surface area (Å²) in [5.74, 6) is 1.07. The topological polar surface area (TPSA) is 35.2 Å². The fraction of sp³-hybridized carbons (Fsp3) is 0.250. The molecule has 1 aliphatic heterocycles. The second kappa shape index (κ2) is 6.17. The van der Waals surface area contributed by atoms with Crippen molar-refractivity contribution >= 4 is 37.5 Å². The monoisotopic (exact) mass is 348 g/mol. The third-order valence-electron chi connectivity index (χ3n) is 4.91. The van der Waals surface area contributed by atoms with Crippen LogP contribution in [-0.4, -0.2) is 41.0 Å². The fourth-order valence-corrected chi connectivity index (χ4v) is 4.66. The third-order valence-corrected chi connectivity index (χ3v) is 6.09. The maximum Gasteiger partial charge on any atom is 0.121 e. The number of para-hydroxylation sites is 2. The summed E-state index contributed by atoms with van der Waals surface area (Å²) in [4.78, 5) is 13.1. The predicted molar refractivity (Wildman–Crippen MR) is 105 cm³/mol. The van der Waals surface area contributed by atoms with E-state index in [-0.39, 0.29) is 0 Å². The van der Waals surface area contributed by atoms with E-state index in [1.165, 1.54) is 15.1 Å². The van der Waals surface area contributed by atoms with Crippen molar-refractivity contribution < 1.29 is 0 Å². The van der Waals surface area contributed by atoms with Crippen molar-refractivity contribution in [1.29, 1.82) is 0 Å². The van der Waals surface area contributed by atoms with Crippen molar-refractivity contribution in [1.82, 2.24) is 14.9 Å². The summed E-state index contributed by atoms with van der Waals surface area (Å²) < 4.78 is 1.38. The van der Waals surface area contributed by atoms with E-state index < -0.39 is 0 Å². The second-order valence-corrected chi connectivity index (χ2v) is 7.65. The first kappa shape index (κ1) is 14.9. The zero-order chi connectivity index (χ0) is 16.6. The summed E-state index contributed by atoms with van der Waals surface area (Å²) in [5.41, 5.74) is 2.18. The number of imidazole rings is 1. The molecule has 0 atom stereocenters. The minimum absolute atomic E-state index is 0.898. The molecule has 0 aliphatic carbocycles. The molecule has 4 nitrogen and oxygen atoms in total. The van der Waals surface area contributed by atoms with Crippen LogP contribution in [0.2, 0.25) is 0 Å². The molecule has 4 aromatic rings. The smallest absolute Gasteiger partial charge is 0.121 e. The number of hydrogen-bond acceptors (Lipinski definition) is 4. The van der Waals surface area contributed by atoms with E-state index in [0.717, 1.165) is 49.6 Å². The molecule has 1 aliphatic rings. The molecule has 0 bridgehead atoms. The minimum atomic E-state index is 0.898. The number of benzene rings is 2. The number of fused-ring (bicyclic) bond motifs is 2. The van der Waals surface area contributed by atoms with Gasteiger partial charge in [-0.25, -0.2) is 4.98 Å². The molecule has 3 heterocycles. The van der Waals surface area contributed by atoms with Crippen LogP contribution < -0.4 is 4.90 Å². The van der Waals surface area contributed by atoms with E-state index in [1.54, 1.807) is 0 Å². The lowest BCUT2D eigenvalue weighted by atomic mass is 10.2. The zero-order valence-corrected chi connectivity index (χ0v) is 14.8. The molecule has 0 saturated carbocycles. The number of piperazine rings is 1. The first-order valence-electron chi connectivity index (χ1n) is 8.75. The van der Waals surface area contributed by atoms with E-state index in [1.807, 2.05) is 23.5 Å². The molecule has 126 valence electrons. The lowest BCUT2D eigenvalue weighted by molar-refractivity contribution is 0.245.